The smallest absolute Gasteiger partial charge is 0.341 e. The van der Waals surface area contributed by atoms with Crippen molar-refractivity contribution in [2.45, 2.75) is 29.9 Å². The molecule has 1 aromatic rings. The molecular formula is C14H15F2NO5S2. The van der Waals surface area contributed by atoms with Crippen LogP contribution in [-0.4, -0.2) is 49.1 Å². The molecule has 2 fully saturated rings. The minimum absolute atomic E-state index is 0.0160. The predicted octanol–water partition coefficient (Wildman–Crippen LogP) is 2.07. The van der Waals surface area contributed by atoms with E-state index in [0.29, 0.717) is 12.8 Å². The standard InChI is InChI=1S/C14H15F2NO5S2/c15-13(16)24(21,22)9-3-5-23-10(9)11(18)17-6-8-2-1-4-14(8,7-17)12(19)20/h3,5,8,13H,1-2,4,6-7H2,(H,19,20)/t8-,14+/m0/s1. The molecule has 24 heavy (non-hydrogen) atoms. The van der Waals surface area contributed by atoms with Gasteiger partial charge in [0, 0.05) is 13.1 Å². The third kappa shape index (κ3) is 2.43. The molecule has 3 rings (SSSR count). The van der Waals surface area contributed by atoms with E-state index in [1.807, 2.05) is 0 Å². The fourth-order valence-electron chi connectivity index (χ4n) is 3.71. The molecule has 0 bridgehead atoms. The minimum atomic E-state index is -4.88. The van der Waals surface area contributed by atoms with Crippen LogP contribution in [0.1, 0.15) is 28.9 Å². The summed E-state index contributed by atoms with van der Waals surface area (Å²) in [5.41, 5.74) is -1.01. The maximum absolute atomic E-state index is 12.8. The monoisotopic (exact) mass is 379 g/mol. The lowest BCUT2D eigenvalue weighted by Gasteiger charge is -2.23. The number of rotatable bonds is 4. The van der Waals surface area contributed by atoms with E-state index in [1.165, 1.54) is 10.3 Å². The third-order valence-electron chi connectivity index (χ3n) is 4.95. The third-order valence-corrected chi connectivity index (χ3v) is 7.40. The molecule has 0 radical (unpaired) electrons. The highest BCUT2D eigenvalue weighted by atomic mass is 32.2. The topological polar surface area (TPSA) is 91.8 Å². The molecule has 2 aliphatic rings. The number of carbonyl (C=O) groups is 2. The average Bonchev–Trinajstić information content (AvgIpc) is 3.19. The van der Waals surface area contributed by atoms with Gasteiger partial charge in [-0.25, -0.2) is 8.42 Å². The molecule has 0 unspecified atom stereocenters. The lowest BCUT2D eigenvalue weighted by Crippen LogP contribution is -2.37. The molecule has 1 aliphatic heterocycles. The van der Waals surface area contributed by atoms with Crippen LogP contribution in [0.5, 0.6) is 0 Å². The highest BCUT2D eigenvalue weighted by Gasteiger charge is 2.56. The van der Waals surface area contributed by atoms with Crippen molar-refractivity contribution in [2.75, 3.05) is 13.1 Å². The number of carbonyl (C=O) groups excluding carboxylic acids is 1. The van der Waals surface area contributed by atoms with Gasteiger partial charge in [-0.2, -0.15) is 8.78 Å². The van der Waals surface area contributed by atoms with E-state index in [2.05, 4.69) is 0 Å². The second-order valence-corrected chi connectivity index (χ2v) is 8.96. The average molecular weight is 379 g/mol. The molecule has 10 heteroatoms. The van der Waals surface area contributed by atoms with E-state index >= 15 is 0 Å². The van der Waals surface area contributed by atoms with Gasteiger partial charge in [-0.05, 0) is 30.2 Å². The number of fused-ring (bicyclic) bond motifs is 1. The molecule has 2 heterocycles. The van der Waals surface area contributed by atoms with Crippen molar-refractivity contribution in [1.82, 2.24) is 4.90 Å². The zero-order chi connectivity index (χ0) is 17.7. The summed E-state index contributed by atoms with van der Waals surface area (Å²) in [6.07, 6.45) is 1.91. The first kappa shape index (κ1) is 17.3. The molecule has 1 saturated carbocycles. The number of nitrogens with zero attached hydrogens (tertiary/aromatic N) is 1. The summed E-state index contributed by atoms with van der Waals surface area (Å²) in [7, 11) is -4.88. The minimum Gasteiger partial charge on any atom is -0.481 e. The summed E-state index contributed by atoms with van der Waals surface area (Å²) in [4.78, 5) is 24.6. The lowest BCUT2D eigenvalue weighted by molar-refractivity contribution is -0.149. The Balaban J connectivity index is 1.91. The number of hydrogen-bond donors (Lipinski definition) is 1. The first-order valence-electron chi connectivity index (χ1n) is 7.32. The van der Waals surface area contributed by atoms with Crippen molar-refractivity contribution < 1.29 is 31.9 Å². The Morgan fingerprint density at radius 2 is 2.12 bits per heavy atom. The zero-order valence-electron chi connectivity index (χ0n) is 12.4. The van der Waals surface area contributed by atoms with Crippen molar-refractivity contribution in [2.24, 2.45) is 11.3 Å². The normalized spacial score (nSPS) is 26.8. The summed E-state index contributed by atoms with van der Waals surface area (Å²) in [5.74, 6) is -5.46. The van der Waals surface area contributed by atoms with Crippen molar-refractivity contribution in [1.29, 1.82) is 0 Å². The molecule has 0 spiro atoms. The quantitative estimate of drug-likeness (QED) is 0.865. The Morgan fingerprint density at radius 3 is 2.71 bits per heavy atom. The SMILES string of the molecule is O=C(c1sccc1S(=O)(=O)C(F)F)N1C[C@@H]2CCC[C@@]2(C(=O)O)C1. The number of amides is 1. The number of sulfone groups is 1. The highest BCUT2D eigenvalue weighted by Crippen LogP contribution is 2.49. The zero-order valence-corrected chi connectivity index (χ0v) is 14.1. The maximum atomic E-state index is 12.8. The van der Waals surface area contributed by atoms with Gasteiger partial charge < -0.3 is 10.0 Å². The van der Waals surface area contributed by atoms with Gasteiger partial charge in [-0.1, -0.05) is 6.42 Å². The summed E-state index contributed by atoms with van der Waals surface area (Å²) in [6.45, 7) is 0.190. The van der Waals surface area contributed by atoms with Crippen LogP contribution in [0, 0.1) is 11.3 Å². The molecule has 1 amide bonds. The summed E-state index contributed by atoms with van der Waals surface area (Å²) in [6, 6.07) is 0.989. The fourth-order valence-corrected chi connectivity index (χ4v) is 5.84. The fraction of sp³-hybridized carbons (Fsp3) is 0.571. The van der Waals surface area contributed by atoms with E-state index in [1.54, 1.807) is 0 Å². The Morgan fingerprint density at radius 1 is 1.42 bits per heavy atom. The number of carboxylic acids is 1. The van der Waals surface area contributed by atoms with Crippen molar-refractivity contribution >= 4 is 33.1 Å². The molecule has 1 N–H and O–H groups in total. The van der Waals surface area contributed by atoms with Gasteiger partial charge in [0.05, 0.1) is 10.3 Å². The van der Waals surface area contributed by atoms with Gasteiger partial charge >= 0.3 is 11.7 Å². The first-order valence-corrected chi connectivity index (χ1v) is 9.75. The number of carboxylic acid groups (broad SMARTS) is 1. The van der Waals surface area contributed by atoms with Crippen LogP contribution in [0.4, 0.5) is 8.78 Å². The van der Waals surface area contributed by atoms with Gasteiger partial charge in [0.15, 0.2) is 0 Å². The van der Waals surface area contributed by atoms with E-state index in [0.717, 1.165) is 23.8 Å². The Kier molecular flexibility index (Phi) is 4.15. The van der Waals surface area contributed by atoms with Gasteiger partial charge in [0.1, 0.15) is 4.88 Å². The van der Waals surface area contributed by atoms with Crippen LogP contribution in [0.15, 0.2) is 16.3 Å². The molecular weight excluding hydrogens is 364 g/mol. The molecule has 0 aromatic carbocycles. The maximum Gasteiger partial charge on any atom is 0.341 e. The van der Waals surface area contributed by atoms with Crippen molar-refractivity contribution in [3.63, 3.8) is 0 Å². The summed E-state index contributed by atoms with van der Waals surface area (Å²) < 4.78 is 48.9. The molecule has 1 aliphatic carbocycles. The molecule has 1 aromatic heterocycles. The van der Waals surface area contributed by atoms with E-state index in [9.17, 15) is 31.9 Å². The van der Waals surface area contributed by atoms with Crippen LogP contribution in [0.3, 0.4) is 0 Å². The number of likely N-dealkylation sites (tertiary alicyclic amines) is 1. The number of aliphatic carboxylic acids is 1. The van der Waals surface area contributed by atoms with Crippen LogP contribution in [-0.2, 0) is 14.6 Å². The van der Waals surface area contributed by atoms with Crippen molar-refractivity contribution in [3.05, 3.63) is 16.3 Å². The number of halogens is 2. The molecule has 1 saturated heterocycles. The van der Waals surface area contributed by atoms with Crippen LogP contribution in [0.2, 0.25) is 0 Å². The molecule has 6 nitrogen and oxygen atoms in total. The van der Waals surface area contributed by atoms with Crippen molar-refractivity contribution in [3.8, 4) is 0 Å². The molecule has 2 atom stereocenters. The summed E-state index contributed by atoms with van der Waals surface area (Å²) in [5, 5.41) is 10.8. The number of alkyl halides is 2. The lowest BCUT2D eigenvalue weighted by atomic mass is 9.81. The Bertz CT molecular complexity index is 791. The summed E-state index contributed by atoms with van der Waals surface area (Å²) >= 11 is 0.773. The second kappa shape index (κ2) is 5.76. The van der Waals surface area contributed by atoms with Crippen LogP contribution >= 0.6 is 11.3 Å². The van der Waals surface area contributed by atoms with Gasteiger partial charge in [0.2, 0.25) is 9.84 Å². The van der Waals surface area contributed by atoms with E-state index in [4.69, 9.17) is 0 Å². The highest BCUT2D eigenvalue weighted by molar-refractivity contribution is 7.92. The van der Waals surface area contributed by atoms with Gasteiger partial charge in [-0.15, -0.1) is 11.3 Å². The molecule has 132 valence electrons. The largest absolute Gasteiger partial charge is 0.481 e. The van der Waals surface area contributed by atoms with Gasteiger partial charge in [0.25, 0.3) is 5.91 Å². The van der Waals surface area contributed by atoms with E-state index in [-0.39, 0.29) is 23.9 Å². The van der Waals surface area contributed by atoms with E-state index < -0.39 is 37.8 Å². The Labute approximate surface area is 141 Å². The number of thiophene rings is 1. The Hall–Kier alpha value is -1.55. The first-order chi connectivity index (χ1) is 11.2. The number of hydrogen-bond acceptors (Lipinski definition) is 5. The predicted molar refractivity (Wildman–Crippen MR) is 80.8 cm³/mol. The van der Waals surface area contributed by atoms with Crippen LogP contribution < -0.4 is 0 Å². The second-order valence-electron chi connectivity index (χ2n) is 6.16. The van der Waals surface area contributed by atoms with Gasteiger partial charge in [-0.3, -0.25) is 9.59 Å². The van der Waals surface area contributed by atoms with Crippen LogP contribution in [0.25, 0.3) is 0 Å².